The Morgan fingerprint density at radius 3 is 2.82 bits per heavy atom. The largest absolute Gasteiger partial charge is 0.496 e. The predicted molar refractivity (Wildman–Crippen MR) is 99.5 cm³/mol. The highest BCUT2D eigenvalue weighted by molar-refractivity contribution is 5.97. The van der Waals surface area contributed by atoms with E-state index in [0.717, 1.165) is 5.56 Å². The first-order valence-electron chi connectivity index (χ1n) is 9.14. The van der Waals surface area contributed by atoms with Gasteiger partial charge in [-0.05, 0) is 30.2 Å². The van der Waals surface area contributed by atoms with Gasteiger partial charge >= 0.3 is 0 Å². The number of piperidine rings is 1. The molecule has 0 aromatic heterocycles. The smallest absolute Gasteiger partial charge is 0.257 e. The number of hydrogen-bond acceptors (Lipinski definition) is 4. The third kappa shape index (κ3) is 3.11. The highest BCUT2D eigenvalue weighted by atomic mass is 19.1. The van der Waals surface area contributed by atoms with Gasteiger partial charge in [0.2, 0.25) is 5.91 Å². The van der Waals surface area contributed by atoms with Crippen LogP contribution in [0.5, 0.6) is 5.75 Å². The second-order valence-corrected chi connectivity index (χ2v) is 7.03. The molecule has 7 heteroatoms. The Morgan fingerprint density at radius 1 is 1.29 bits per heavy atom. The molecule has 1 N–H and O–H groups in total. The van der Waals surface area contributed by atoms with Crippen molar-refractivity contribution >= 4 is 11.8 Å². The Kier molecular flexibility index (Phi) is 4.77. The Bertz CT molecular complexity index is 905. The number of halogens is 1. The van der Waals surface area contributed by atoms with Gasteiger partial charge in [0.25, 0.3) is 5.91 Å². The van der Waals surface area contributed by atoms with Crippen LogP contribution >= 0.6 is 0 Å². The van der Waals surface area contributed by atoms with Gasteiger partial charge in [-0.25, -0.2) is 4.39 Å². The maximum absolute atomic E-state index is 13.7. The number of morpholine rings is 1. The number of nitrogens with one attached hydrogen (secondary N) is 1. The van der Waals surface area contributed by atoms with Gasteiger partial charge < -0.3 is 19.7 Å². The molecule has 0 unspecified atom stereocenters. The molecule has 2 aromatic carbocycles. The average molecular weight is 384 g/mol. The lowest BCUT2D eigenvalue weighted by atomic mass is 9.77. The standard InChI is InChI=1S/C21H21FN2O4/c1-27-17-8-7-15(22)11-16(17)20(26)24-10-9-21(14-5-3-2-4-6-14)18(12-24)28-13-19(25)23-21/h2-8,11,18H,9-10,12-13H2,1H3,(H,23,25)/t18-,21+/m1/s1. The number of fused-ring (bicyclic) bond motifs is 1. The molecule has 4 rings (SSSR count). The fraction of sp³-hybridized carbons (Fsp3) is 0.333. The normalized spacial score (nSPS) is 24.3. The van der Waals surface area contributed by atoms with Crippen LogP contribution in [0.3, 0.4) is 0 Å². The summed E-state index contributed by atoms with van der Waals surface area (Å²) in [6.07, 6.45) is 0.0985. The number of rotatable bonds is 3. The molecule has 0 bridgehead atoms. The molecule has 2 aliphatic heterocycles. The number of carbonyl (C=O) groups is 2. The Labute approximate surface area is 162 Å². The van der Waals surface area contributed by atoms with Crippen molar-refractivity contribution < 1.29 is 23.5 Å². The molecular formula is C21H21FN2O4. The van der Waals surface area contributed by atoms with Crippen molar-refractivity contribution in [1.29, 1.82) is 0 Å². The van der Waals surface area contributed by atoms with E-state index in [1.54, 1.807) is 4.90 Å². The summed E-state index contributed by atoms with van der Waals surface area (Å²) in [6, 6.07) is 13.5. The van der Waals surface area contributed by atoms with Crippen LogP contribution in [0.25, 0.3) is 0 Å². The summed E-state index contributed by atoms with van der Waals surface area (Å²) in [4.78, 5) is 26.8. The van der Waals surface area contributed by atoms with Crippen molar-refractivity contribution in [1.82, 2.24) is 10.2 Å². The van der Waals surface area contributed by atoms with Gasteiger partial charge in [0.05, 0.1) is 18.2 Å². The number of benzene rings is 2. The topological polar surface area (TPSA) is 67.9 Å². The van der Waals surface area contributed by atoms with Gasteiger partial charge in [-0.2, -0.15) is 0 Å². The Morgan fingerprint density at radius 2 is 2.07 bits per heavy atom. The highest BCUT2D eigenvalue weighted by Gasteiger charge is 2.50. The van der Waals surface area contributed by atoms with Crippen LogP contribution in [0.4, 0.5) is 4.39 Å². The van der Waals surface area contributed by atoms with Crippen molar-refractivity contribution in [3.8, 4) is 5.75 Å². The zero-order chi connectivity index (χ0) is 19.7. The van der Waals surface area contributed by atoms with Crippen LogP contribution in [-0.2, 0) is 15.1 Å². The molecule has 28 heavy (non-hydrogen) atoms. The molecule has 146 valence electrons. The summed E-state index contributed by atoms with van der Waals surface area (Å²) in [5, 5.41) is 3.09. The van der Waals surface area contributed by atoms with Crippen molar-refractivity contribution in [2.24, 2.45) is 0 Å². The van der Waals surface area contributed by atoms with Crippen molar-refractivity contribution in [3.05, 3.63) is 65.5 Å². The number of methoxy groups -OCH3 is 1. The van der Waals surface area contributed by atoms with Crippen LogP contribution in [0.2, 0.25) is 0 Å². The first kappa shape index (κ1) is 18.4. The lowest BCUT2D eigenvalue weighted by Crippen LogP contribution is -2.67. The quantitative estimate of drug-likeness (QED) is 0.880. The number of nitrogens with zero attached hydrogens (tertiary/aromatic N) is 1. The Balaban J connectivity index is 1.63. The first-order chi connectivity index (χ1) is 13.5. The van der Waals surface area contributed by atoms with Gasteiger partial charge in [0, 0.05) is 13.1 Å². The minimum Gasteiger partial charge on any atom is -0.496 e. The van der Waals surface area contributed by atoms with Crippen LogP contribution in [-0.4, -0.2) is 49.6 Å². The number of amides is 2. The van der Waals surface area contributed by atoms with Crippen molar-refractivity contribution in [2.75, 3.05) is 26.8 Å². The van der Waals surface area contributed by atoms with Crippen LogP contribution in [0.15, 0.2) is 48.5 Å². The Hall–Kier alpha value is -2.93. The van der Waals surface area contributed by atoms with Crippen molar-refractivity contribution in [2.45, 2.75) is 18.1 Å². The lowest BCUT2D eigenvalue weighted by molar-refractivity contribution is -0.150. The van der Waals surface area contributed by atoms with Crippen LogP contribution in [0, 0.1) is 5.82 Å². The zero-order valence-corrected chi connectivity index (χ0v) is 15.5. The third-order valence-corrected chi connectivity index (χ3v) is 5.46. The van der Waals surface area contributed by atoms with E-state index in [0.29, 0.717) is 18.7 Å². The van der Waals surface area contributed by atoms with Crippen LogP contribution < -0.4 is 10.1 Å². The number of ether oxygens (including phenoxy) is 2. The summed E-state index contributed by atoms with van der Waals surface area (Å²) < 4.78 is 24.8. The molecule has 0 radical (unpaired) electrons. The van der Waals surface area contributed by atoms with E-state index >= 15 is 0 Å². The molecular weight excluding hydrogens is 363 g/mol. The van der Waals surface area contributed by atoms with E-state index in [4.69, 9.17) is 9.47 Å². The van der Waals surface area contributed by atoms with E-state index in [1.165, 1.54) is 25.3 Å². The van der Waals surface area contributed by atoms with E-state index in [-0.39, 0.29) is 30.5 Å². The first-order valence-corrected chi connectivity index (χ1v) is 9.14. The highest BCUT2D eigenvalue weighted by Crippen LogP contribution is 2.37. The summed E-state index contributed by atoms with van der Waals surface area (Å²) in [7, 11) is 1.44. The molecule has 2 saturated heterocycles. The minimum atomic E-state index is -0.681. The maximum atomic E-state index is 13.7. The number of likely N-dealkylation sites (tertiary alicyclic amines) is 1. The molecule has 2 fully saturated rings. The summed E-state index contributed by atoms with van der Waals surface area (Å²) >= 11 is 0. The van der Waals surface area contributed by atoms with E-state index in [9.17, 15) is 14.0 Å². The third-order valence-electron chi connectivity index (χ3n) is 5.46. The molecule has 2 aliphatic rings. The monoisotopic (exact) mass is 384 g/mol. The maximum Gasteiger partial charge on any atom is 0.257 e. The molecule has 2 amide bonds. The minimum absolute atomic E-state index is 0.0510. The predicted octanol–water partition coefficient (Wildman–Crippen LogP) is 2.09. The molecule has 6 nitrogen and oxygen atoms in total. The average Bonchev–Trinajstić information content (AvgIpc) is 2.73. The van der Waals surface area contributed by atoms with Gasteiger partial charge in [0.15, 0.2) is 0 Å². The molecule has 0 aliphatic carbocycles. The fourth-order valence-electron chi connectivity index (χ4n) is 4.06. The lowest BCUT2D eigenvalue weighted by Gasteiger charge is -2.50. The van der Waals surface area contributed by atoms with Crippen molar-refractivity contribution in [3.63, 3.8) is 0 Å². The van der Waals surface area contributed by atoms with Gasteiger partial charge in [-0.1, -0.05) is 30.3 Å². The molecule has 2 aromatic rings. The summed E-state index contributed by atoms with van der Waals surface area (Å²) in [5.41, 5.74) is 0.442. The van der Waals surface area contributed by atoms with Gasteiger partial charge in [0.1, 0.15) is 24.3 Å². The zero-order valence-electron chi connectivity index (χ0n) is 15.5. The van der Waals surface area contributed by atoms with E-state index < -0.39 is 17.5 Å². The van der Waals surface area contributed by atoms with Crippen LogP contribution in [0.1, 0.15) is 22.3 Å². The molecule has 2 atom stereocenters. The molecule has 0 saturated carbocycles. The number of carbonyl (C=O) groups excluding carboxylic acids is 2. The van der Waals surface area contributed by atoms with E-state index in [2.05, 4.69) is 5.32 Å². The molecule has 2 heterocycles. The second-order valence-electron chi connectivity index (χ2n) is 7.03. The SMILES string of the molecule is COc1ccc(F)cc1C(=O)N1CC[C@@]2(c3ccccc3)NC(=O)CO[C@@H]2C1. The van der Waals surface area contributed by atoms with Gasteiger partial charge in [-0.15, -0.1) is 0 Å². The molecule has 0 spiro atoms. The second kappa shape index (κ2) is 7.24. The van der Waals surface area contributed by atoms with Gasteiger partial charge in [-0.3, -0.25) is 9.59 Å². The summed E-state index contributed by atoms with van der Waals surface area (Å²) in [6.45, 7) is 0.631. The summed E-state index contributed by atoms with van der Waals surface area (Å²) in [5.74, 6) is -0.671. The van der Waals surface area contributed by atoms with E-state index in [1.807, 2.05) is 30.3 Å². The number of hydrogen-bond donors (Lipinski definition) is 1. The fourth-order valence-corrected chi connectivity index (χ4v) is 4.06.